The molecule has 2 aliphatic rings. The zero-order valence-electron chi connectivity index (χ0n) is 19.4. The Labute approximate surface area is 206 Å². The molecule has 2 aromatic rings. The third-order valence-electron chi connectivity index (χ3n) is 6.07. The molecule has 12 heteroatoms. The molecule has 0 aliphatic carbocycles. The van der Waals surface area contributed by atoms with E-state index < -0.39 is 35.9 Å². The topological polar surface area (TPSA) is 175 Å². The van der Waals surface area contributed by atoms with Gasteiger partial charge in [-0.25, -0.2) is 4.79 Å². The van der Waals surface area contributed by atoms with Crippen LogP contribution in [0.25, 0.3) is 0 Å². The first-order valence-corrected chi connectivity index (χ1v) is 11.2. The Morgan fingerprint density at radius 1 is 1.11 bits per heavy atom. The number of hydrogen-bond acceptors (Lipinski definition) is 7. The summed E-state index contributed by atoms with van der Waals surface area (Å²) in [7, 11) is 0. The van der Waals surface area contributed by atoms with Crippen LogP contribution in [0.2, 0.25) is 0 Å². The van der Waals surface area contributed by atoms with Gasteiger partial charge in [-0.2, -0.15) is 0 Å². The highest BCUT2D eigenvalue weighted by Gasteiger charge is 2.44. The van der Waals surface area contributed by atoms with Gasteiger partial charge in [0.25, 0.3) is 5.91 Å². The van der Waals surface area contributed by atoms with Crippen LogP contribution in [0.3, 0.4) is 0 Å². The first-order valence-electron chi connectivity index (χ1n) is 11.2. The Kier molecular flexibility index (Phi) is 6.77. The number of benzene rings is 2. The van der Waals surface area contributed by atoms with Gasteiger partial charge in [0.1, 0.15) is 18.0 Å². The largest absolute Gasteiger partial charge is 0.480 e. The predicted molar refractivity (Wildman–Crippen MR) is 126 cm³/mol. The van der Waals surface area contributed by atoms with E-state index in [-0.39, 0.29) is 37.7 Å². The first kappa shape index (κ1) is 24.5. The number of carboxylic acid groups (broad SMARTS) is 1. The Morgan fingerprint density at radius 2 is 1.78 bits per heavy atom. The van der Waals surface area contributed by atoms with Crippen molar-refractivity contribution in [3.8, 4) is 11.5 Å². The molecule has 36 heavy (non-hydrogen) atoms. The van der Waals surface area contributed by atoms with E-state index in [0.717, 1.165) is 4.90 Å². The van der Waals surface area contributed by atoms with Gasteiger partial charge in [0, 0.05) is 24.1 Å². The number of nitrogens with two attached hydrogens (primary N) is 1. The molecule has 0 spiro atoms. The highest BCUT2D eigenvalue weighted by atomic mass is 16.7. The van der Waals surface area contributed by atoms with Crippen molar-refractivity contribution in [3.63, 3.8) is 0 Å². The lowest BCUT2D eigenvalue weighted by Gasteiger charge is -2.42. The van der Waals surface area contributed by atoms with Crippen LogP contribution in [0.5, 0.6) is 11.5 Å². The number of carbonyl (C=O) groups excluding carboxylic acids is 3. The minimum absolute atomic E-state index is 0.0615. The van der Waals surface area contributed by atoms with Gasteiger partial charge in [-0.05, 0) is 36.8 Å². The van der Waals surface area contributed by atoms with Crippen molar-refractivity contribution in [3.05, 3.63) is 59.2 Å². The van der Waals surface area contributed by atoms with Crippen molar-refractivity contribution in [2.75, 3.05) is 19.9 Å². The molecule has 0 bridgehead atoms. The predicted octanol–water partition coefficient (Wildman–Crippen LogP) is 0.142. The summed E-state index contributed by atoms with van der Waals surface area (Å²) >= 11 is 0. The molecule has 2 aromatic carbocycles. The minimum atomic E-state index is -1.35. The molecule has 0 radical (unpaired) electrons. The van der Waals surface area contributed by atoms with Gasteiger partial charge in [-0.3, -0.25) is 19.8 Å². The van der Waals surface area contributed by atoms with Gasteiger partial charge < -0.3 is 35.4 Å². The molecule has 0 aromatic heterocycles. The second-order valence-electron chi connectivity index (χ2n) is 8.27. The molecule has 5 N–H and O–H groups in total. The van der Waals surface area contributed by atoms with E-state index in [4.69, 9.17) is 20.6 Å². The normalized spacial score (nSPS) is 17.6. The highest BCUT2D eigenvalue weighted by molar-refractivity contribution is 6.36. The van der Waals surface area contributed by atoms with Crippen LogP contribution in [0.1, 0.15) is 28.4 Å². The summed E-state index contributed by atoms with van der Waals surface area (Å²) in [6.07, 6.45) is -1.02. The van der Waals surface area contributed by atoms with E-state index in [1.807, 2.05) is 0 Å². The van der Waals surface area contributed by atoms with Crippen molar-refractivity contribution in [1.29, 1.82) is 5.41 Å². The summed E-state index contributed by atoms with van der Waals surface area (Å²) in [5, 5.41) is 20.1. The van der Waals surface area contributed by atoms with Crippen molar-refractivity contribution < 1.29 is 33.8 Å². The summed E-state index contributed by atoms with van der Waals surface area (Å²) in [5.74, 6) is -2.82. The SMILES string of the molecule is CCN1C(=O)C(=O)N(C(Cc2ccc3c(c2)OCO3)C(=O)O)CC1NC(=O)c1ccc(C(=N)N)cc1. The molecule has 4 rings (SSSR count). The molecule has 2 unspecified atom stereocenters. The molecular weight excluding hydrogens is 470 g/mol. The summed E-state index contributed by atoms with van der Waals surface area (Å²) in [5.41, 5.74) is 6.72. The Bertz CT molecular complexity index is 1230. The van der Waals surface area contributed by atoms with Gasteiger partial charge in [-0.1, -0.05) is 18.2 Å². The number of nitrogen functional groups attached to an aromatic ring is 1. The van der Waals surface area contributed by atoms with Gasteiger partial charge in [0.15, 0.2) is 11.5 Å². The average Bonchev–Trinajstić information content (AvgIpc) is 3.33. The van der Waals surface area contributed by atoms with Crippen LogP contribution in [0.15, 0.2) is 42.5 Å². The number of amidine groups is 1. The monoisotopic (exact) mass is 495 g/mol. The molecule has 2 aliphatic heterocycles. The van der Waals surface area contributed by atoms with E-state index in [9.17, 15) is 24.3 Å². The van der Waals surface area contributed by atoms with Crippen LogP contribution in [0, 0.1) is 5.41 Å². The van der Waals surface area contributed by atoms with Crippen LogP contribution < -0.4 is 20.5 Å². The maximum atomic E-state index is 12.9. The van der Waals surface area contributed by atoms with Crippen LogP contribution in [0.4, 0.5) is 0 Å². The Morgan fingerprint density at radius 3 is 2.42 bits per heavy atom. The maximum Gasteiger partial charge on any atom is 0.326 e. The second kappa shape index (κ2) is 9.94. The smallest absolute Gasteiger partial charge is 0.326 e. The molecule has 2 heterocycles. The van der Waals surface area contributed by atoms with Gasteiger partial charge >= 0.3 is 17.8 Å². The fourth-order valence-corrected chi connectivity index (χ4v) is 4.17. The van der Waals surface area contributed by atoms with Crippen LogP contribution in [-0.4, -0.2) is 76.5 Å². The number of piperazine rings is 1. The quantitative estimate of drug-likeness (QED) is 0.227. The van der Waals surface area contributed by atoms with Crippen LogP contribution >= 0.6 is 0 Å². The third kappa shape index (κ3) is 4.78. The van der Waals surface area contributed by atoms with Gasteiger partial charge in [0.2, 0.25) is 6.79 Å². The molecule has 2 atom stereocenters. The minimum Gasteiger partial charge on any atom is -0.480 e. The fourth-order valence-electron chi connectivity index (χ4n) is 4.17. The summed E-state index contributed by atoms with van der Waals surface area (Å²) in [6, 6.07) is 9.60. The number of amides is 3. The van der Waals surface area contributed by atoms with E-state index in [2.05, 4.69) is 5.32 Å². The maximum absolute atomic E-state index is 12.9. The molecular formula is C24H25N5O7. The van der Waals surface area contributed by atoms with E-state index >= 15 is 0 Å². The number of hydrogen-bond donors (Lipinski definition) is 4. The Balaban J connectivity index is 1.55. The lowest BCUT2D eigenvalue weighted by atomic mass is 10.0. The zero-order chi connectivity index (χ0) is 26.0. The van der Waals surface area contributed by atoms with Gasteiger partial charge in [-0.15, -0.1) is 0 Å². The molecule has 0 saturated carbocycles. The summed E-state index contributed by atoms with van der Waals surface area (Å²) in [6.45, 7) is 1.64. The number of nitrogens with zero attached hydrogens (tertiary/aromatic N) is 2. The first-order chi connectivity index (χ1) is 17.2. The fraction of sp³-hybridized carbons (Fsp3) is 0.292. The lowest BCUT2D eigenvalue weighted by Crippen LogP contribution is -2.67. The Hall–Kier alpha value is -4.61. The number of aliphatic carboxylic acids is 1. The average molecular weight is 495 g/mol. The number of fused-ring (bicyclic) bond motifs is 1. The lowest BCUT2D eigenvalue weighted by molar-refractivity contribution is -0.165. The number of carbonyl (C=O) groups is 4. The van der Waals surface area contributed by atoms with Gasteiger partial charge in [0.05, 0.1) is 6.54 Å². The van der Waals surface area contributed by atoms with Crippen molar-refractivity contribution in [2.45, 2.75) is 25.6 Å². The summed E-state index contributed by atoms with van der Waals surface area (Å²) < 4.78 is 10.6. The number of rotatable bonds is 8. The second-order valence-corrected chi connectivity index (χ2v) is 8.27. The zero-order valence-corrected chi connectivity index (χ0v) is 19.4. The van der Waals surface area contributed by atoms with E-state index in [0.29, 0.717) is 22.6 Å². The number of ether oxygens (including phenoxy) is 2. The summed E-state index contributed by atoms with van der Waals surface area (Å²) in [4.78, 5) is 53.0. The third-order valence-corrected chi connectivity index (χ3v) is 6.07. The van der Waals surface area contributed by atoms with Crippen molar-refractivity contribution in [2.24, 2.45) is 5.73 Å². The van der Waals surface area contributed by atoms with E-state index in [1.165, 1.54) is 29.2 Å². The molecule has 3 amide bonds. The van der Waals surface area contributed by atoms with Crippen LogP contribution in [-0.2, 0) is 20.8 Å². The number of carboxylic acids is 1. The molecule has 1 saturated heterocycles. The standard InChI is InChI=1S/C24H25N5O7/c1-2-28-19(27-21(30)15-6-4-14(5-7-15)20(25)26)11-29(23(32)22(28)31)16(24(33)34)9-13-3-8-17-18(10-13)36-12-35-17/h3-8,10,16,19H,2,9,11-12H2,1H3,(H3,25,26)(H,27,30)(H,33,34). The highest BCUT2D eigenvalue weighted by Crippen LogP contribution is 2.33. The van der Waals surface area contributed by atoms with Crippen molar-refractivity contribution in [1.82, 2.24) is 15.1 Å². The number of likely N-dealkylation sites (N-methyl/N-ethyl adjacent to an activating group) is 1. The number of nitrogens with one attached hydrogen (secondary N) is 2. The van der Waals surface area contributed by atoms with E-state index in [1.54, 1.807) is 25.1 Å². The molecule has 188 valence electrons. The molecule has 12 nitrogen and oxygen atoms in total. The molecule has 1 fully saturated rings. The van der Waals surface area contributed by atoms with Crippen molar-refractivity contribution >= 4 is 29.5 Å².